The van der Waals surface area contributed by atoms with Crippen LogP contribution in [0, 0.1) is 0 Å². The lowest BCUT2D eigenvalue weighted by molar-refractivity contribution is 0.0938. The van der Waals surface area contributed by atoms with Crippen LogP contribution >= 0.6 is 0 Å². The Balaban J connectivity index is 1.73. The van der Waals surface area contributed by atoms with E-state index >= 15 is 0 Å². The molecule has 5 nitrogen and oxygen atoms in total. The molecule has 1 aliphatic rings. The Morgan fingerprint density at radius 2 is 1.91 bits per heavy atom. The molecule has 5 heteroatoms. The Labute approximate surface area is 135 Å². The molecule has 0 saturated carbocycles. The van der Waals surface area contributed by atoms with Gasteiger partial charge in [0, 0.05) is 5.56 Å². The minimum Gasteiger partial charge on any atom is -0.497 e. The Bertz CT molecular complexity index is 714. The van der Waals surface area contributed by atoms with Gasteiger partial charge in [-0.3, -0.25) is 4.79 Å². The van der Waals surface area contributed by atoms with Crippen molar-refractivity contribution in [3.8, 4) is 17.2 Å². The molecule has 1 unspecified atom stereocenters. The average Bonchev–Trinajstić information content (AvgIpc) is 2.61. The Morgan fingerprint density at radius 3 is 2.70 bits per heavy atom. The van der Waals surface area contributed by atoms with Gasteiger partial charge >= 0.3 is 0 Å². The summed E-state index contributed by atoms with van der Waals surface area (Å²) in [5.41, 5.74) is 1.53. The zero-order chi connectivity index (χ0) is 16.2. The normalized spacial score (nSPS) is 14.0. The lowest BCUT2D eigenvalue weighted by Crippen LogP contribution is -2.27. The van der Waals surface area contributed by atoms with E-state index in [1.807, 2.05) is 31.2 Å². The molecule has 0 spiro atoms. The number of hydrogen-bond acceptors (Lipinski definition) is 4. The highest BCUT2D eigenvalue weighted by molar-refractivity contribution is 5.95. The standard InChI is InChI=1S/C18H19NO4/c1-12(13-4-3-5-15(10-13)21-2)19-18(20)14-6-7-16-17(11-14)23-9-8-22-16/h3-7,10-12H,8-9H2,1-2H3,(H,19,20). The van der Waals surface area contributed by atoms with E-state index in [9.17, 15) is 4.79 Å². The highest BCUT2D eigenvalue weighted by atomic mass is 16.6. The summed E-state index contributed by atoms with van der Waals surface area (Å²) in [7, 11) is 1.62. The molecule has 1 N–H and O–H groups in total. The first kappa shape index (κ1) is 15.2. The maximum atomic E-state index is 12.4. The van der Waals surface area contributed by atoms with Crippen molar-refractivity contribution in [1.82, 2.24) is 5.32 Å². The molecule has 0 fully saturated rings. The summed E-state index contributed by atoms with van der Waals surface area (Å²) in [5, 5.41) is 2.98. The van der Waals surface area contributed by atoms with Crippen molar-refractivity contribution < 1.29 is 19.0 Å². The molecule has 0 aromatic heterocycles. The minimum absolute atomic E-state index is 0.134. The first-order valence-electron chi connectivity index (χ1n) is 7.52. The molecule has 0 bridgehead atoms. The van der Waals surface area contributed by atoms with Crippen LogP contribution in [0.25, 0.3) is 0 Å². The summed E-state index contributed by atoms with van der Waals surface area (Å²) in [6.07, 6.45) is 0. The van der Waals surface area contributed by atoms with Crippen molar-refractivity contribution in [2.75, 3.05) is 20.3 Å². The van der Waals surface area contributed by atoms with Crippen LogP contribution in [0.5, 0.6) is 17.2 Å². The molecular weight excluding hydrogens is 294 g/mol. The largest absolute Gasteiger partial charge is 0.497 e. The van der Waals surface area contributed by atoms with Crippen LogP contribution in [0.2, 0.25) is 0 Å². The number of carbonyl (C=O) groups excluding carboxylic acids is 1. The van der Waals surface area contributed by atoms with Gasteiger partial charge in [-0.1, -0.05) is 12.1 Å². The summed E-state index contributed by atoms with van der Waals surface area (Å²) in [6.45, 7) is 2.97. The molecule has 0 radical (unpaired) electrons. The summed E-state index contributed by atoms with van der Waals surface area (Å²) in [5.74, 6) is 1.90. The Hall–Kier alpha value is -2.69. The topological polar surface area (TPSA) is 56.8 Å². The predicted molar refractivity (Wildman–Crippen MR) is 86.3 cm³/mol. The number of amides is 1. The van der Waals surface area contributed by atoms with Crippen LogP contribution in [0.4, 0.5) is 0 Å². The van der Waals surface area contributed by atoms with Crippen molar-refractivity contribution in [2.24, 2.45) is 0 Å². The smallest absolute Gasteiger partial charge is 0.251 e. The van der Waals surface area contributed by atoms with E-state index in [-0.39, 0.29) is 11.9 Å². The maximum absolute atomic E-state index is 12.4. The third-order valence-corrected chi connectivity index (χ3v) is 3.75. The lowest BCUT2D eigenvalue weighted by Gasteiger charge is -2.19. The van der Waals surface area contributed by atoms with Crippen LogP contribution in [0.3, 0.4) is 0 Å². The predicted octanol–water partition coefficient (Wildman–Crippen LogP) is 2.96. The Kier molecular flexibility index (Phi) is 4.37. The van der Waals surface area contributed by atoms with E-state index in [0.717, 1.165) is 11.3 Å². The quantitative estimate of drug-likeness (QED) is 0.943. The zero-order valence-corrected chi connectivity index (χ0v) is 13.2. The second kappa shape index (κ2) is 6.60. The summed E-state index contributed by atoms with van der Waals surface area (Å²) in [6, 6.07) is 12.7. The van der Waals surface area contributed by atoms with E-state index in [1.165, 1.54) is 0 Å². The highest BCUT2D eigenvalue weighted by Gasteiger charge is 2.16. The molecule has 0 saturated heterocycles. The van der Waals surface area contributed by atoms with Crippen LogP contribution in [0.1, 0.15) is 28.9 Å². The average molecular weight is 313 g/mol. The van der Waals surface area contributed by atoms with Gasteiger partial charge in [0.15, 0.2) is 11.5 Å². The third kappa shape index (κ3) is 3.39. The van der Waals surface area contributed by atoms with Crippen LogP contribution < -0.4 is 19.5 Å². The van der Waals surface area contributed by atoms with Gasteiger partial charge in [-0.05, 0) is 42.8 Å². The molecule has 2 aromatic carbocycles. The van der Waals surface area contributed by atoms with Crippen LogP contribution in [-0.4, -0.2) is 26.2 Å². The molecule has 1 aliphatic heterocycles. The first-order valence-corrected chi connectivity index (χ1v) is 7.52. The molecule has 1 atom stereocenters. The molecule has 3 rings (SSSR count). The zero-order valence-electron chi connectivity index (χ0n) is 13.2. The molecule has 23 heavy (non-hydrogen) atoms. The fraction of sp³-hybridized carbons (Fsp3) is 0.278. The third-order valence-electron chi connectivity index (χ3n) is 3.75. The number of fused-ring (bicyclic) bond motifs is 1. The molecule has 0 aliphatic carbocycles. The summed E-state index contributed by atoms with van der Waals surface area (Å²) in [4.78, 5) is 12.4. The fourth-order valence-electron chi connectivity index (χ4n) is 2.46. The van der Waals surface area contributed by atoms with Gasteiger partial charge in [-0.2, -0.15) is 0 Å². The number of rotatable bonds is 4. The number of ether oxygens (including phenoxy) is 3. The van der Waals surface area contributed by atoms with Gasteiger partial charge in [0.1, 0.15) is 19.0 Å². The SMILES string of the molecule is COc1cccc(C(C)NC(=O)c2ccc3c(c2)OCCO3)c1. The Morgan fingerprint density at radius 1 is 1.13 bits per heavy atom. The maximum Gasteiger partial charge on any atom is 0.251 e. The molecule has 1 heterocycles. The number of nitrogens with one attached hydrogen (secondary N) is 1. The van der Waals surface area contributed by atoms with Crippen molar-refractivity contribution in [1.29, 1.82) is 0 Å². The van der Waals surface area contributed by atoms with E-state index < -0.39 is 0 Å². The van der Waals surface area contributed by atoms with Crippen LogP contribution in [-0.2, 0) is 0 Å². The minimum atomic E-state index is -0.155. The summed E-state index contributed by atoms with van der Waals surface area (Å²) < 4.78 is 16.2. The molecule has 1 amide bonds. The van der Waals surface area contributed by atoms with E-state index in [2.05, 4.69) is 5.32 Å². The van der Waals surface area contributed by atoms with Gasteiger partial charge in [0.05, 0.1) is 13.2 Å². The fourth-order valence-corrected chi connectivity index (χ4v) is 2.46. The second-order valence-corrected chi connectivity index (χ2v) is 5.33. The lowest BCUT2D eigenvalue weighted by atomic mass is 10.1. The number of hydrogen-bond donors (Lipinski definition) is 1. The van der Waals surface area contributed by atoms with Gasteiger partial charge < -0.3 is 19.5 Å². The second-order valence-electron chi connectivity index (χ2n) is 5.33. The molecule has 2 aromatic rings. The number of methoxy groups -OCH3 is 1. The molecular formula is C18H19NO4. The van der Waals surface area contributed by atoms with E-state index in [4.69, 9.17) is 14.2 Å². The van der Waals surface area contributed by atoms with Crippen molar-refractivity contribution >= 4 is 5.91 Å². The van der Waals surface area contributed by atoms with Crippen LogP contribution in [0.15, 0.2) is 42.5 Å². The van der Waals surface area contributed by atoms with Gasteiger partial charge in [-0.25, -0.2) is 0 Å². The van der Waals surface area contributed by atoms with Crippen molar-refractivity contribution in [2.45, 2.75) is 13.0 Å². The highest BCUT2D eigenvalue weighted by Crippen LogP contribution is 2.31. The first-order chi connectivity index (χ1) is 11.2. The van der Waals surface area contributed by atoms with Gasteiger partial charge in [0.2, 0.25) is 0 Å². The number of carbonyl (C=O) groups is 1. The van der Waals surface area contributed by atoms with E-state index in [1.54, 1.807) is 25.3 Å². The monoisotopic (exact) mass is 313 g/mol. The molecule has 120 valence electrons. The van der Waals surface area contributed by atoms with Gasteiger partial charge in [-0.15, -0.1) is 0 Å². The van der Waals surface area contributed by atoms with Gasteiger partial charge in [0.25, 0.3) is 5.91 Å². The number of benzene rings is 2. The van der Waals surface area contributed by atoms with Crippen molar-refractivity contribution in [3.63, 3.8) is 0 Å². The summed E-state index contributed by atoms with van der Waals surface area (Å²) >= 11 is 0. The van der Waals surface area contributed by atoms with Crippen molar-refractivity contribution in [3.05, 3.63) is 53.6 Å². The van der Waals surface area contributed by atoms with E-state index in [0.29, 0.717) is 30.3 Å².